The minimum Gasteiger partial charge on any atom is -0.306 e. The van der Waals surface area contributed by atoms with E-state index in [-0.39, 0.29) is 6.04 Å². The minimum absolute atomic E-state index is 0.223. The van der Waals surface area contributed by atoms with E-state index in [4.69, 9.17) is 0 Å². The largest absolute Gasteiger partial charge is 0.306 e. The molecule has 1 heterocycles. The summed E-state index contributed by atoms with van der Waals surface area (Å²) in [7, 11) is 0. The van der Waals surface area contributed by atoms with Crippen LogP contribution in [0.15, 0.2) is 42.7 Å². The molecule has 0 amide bonds. The third-order valence-electron chi connectivity index (χ3n) is 3.00. The molecule has 0 saturated carbocycles. The molecular formula is C15H17IN2. The molecule has 94 valence electrons. The van der Waals surface area contributed by atoms with Gasteiger partial charge in [-0.2, -0.15) is 0 Å². The monoisotopic (exact) mass is 352 g/mol. The normalized spacial score (nSPS) is 12.4. The average molecular weight is 352 g/mol. The predicted octanol–water partition coefficient (Wildman–Crippen LogP) is 3.69. The van der Waals surface area contributed by atoms with Gasteiger partial charge in [0.25, 0.3) is 0 Å². The van der Waals surface area contributed by atoms with Crippen LogP contribution >= 0.6 is 22.6 Å². The highest BCUT2D eigenvalue weighted by molar-refractivity contribution is 14.1. The first kappa shape index (κ1) is 13.5. The number of halogens is 1. The smallest absolute Gasteiger partial charge is 0.0594 e. The Morgan fingerprint density at radius 3 is 2.56 bits per heavy atom. The predicted molar refractivity (Wildman–Crippen MR) is 83.7 cm³/mol. The summed E-state index contributed by atoms with van der Waals surface area (Å²) >= 11 is 2.33. The summed E-state index contributed by atoms with van der Waals surface area (Å²) in [5.41, 5.74) is 3.81. The van der Waals surface area contributed by atoms with Crippen LogP contribution in [-0.2, 0) is 0 Å². The quantitative estimate of drug-likeness (QED) is 0.849. The van der Waals surface area contributed by atoms with Crippen molar-refractivity contribution in [1.82, 2.24) is 10.3 Å². The van der Waals surface area contributed by atoms with Crippen LogP contribution in [0, 0.1) is 10.5 Å². The van der Waals surface area contributed by atoms with E-state index in [0.29, 0.717) is 0 Å². The van der Waals surface area contributed by atoms with Gasteiger partial charge in [0, 0.05) is 16.0 Å². The van der Waals surface area contributed by atoms with Gasteiger partial charge in [-0.05, 0) is 70.9 Å². The Morgan fingerprint density at radius 2 is 1.94 bits per heavy atom. The number of nitrogens with one attached hydrogen (secondary N) is 1. The van der Waals surface area contributed by atoms with Gasteiger partial charge in [0.05, 0.1) is 6.04 Å². The lowest BCUT2D eigenvalue weighted by molar-refractivity contribution is 0.625. The number of pyridine rings is 1. The van der Waals surface area contributed by atoms with Crippen LogP contribution in [0.3, 0.4) is 0 Å². The molecule has 1 unspecified atom stereocenters. The molecule has 0 aliphatic rings. The third kappa shape index (κ3) is 3.09. The summed E-state index contributed by atoms with van der Waals surface area (Å²) in [6.45, 7) is 5.20. The van der Waals surface area contributed by atoms with E-state index in [1.165, 1.54) is 20.3 Å². The van der Waals surface area contributed by atoms with E-state index >= 15 is 0 Å². The van der Waals surface area contributed by atoms with Crippen LogP contribution < -0.4 is 5.32 Å². The molecule has 1 atom stereocenters. The van der Waals surface area contributed by atoms with Crippen molar-refractivity contribution in [3.8, 4) is 0 Å². The fourth-order valence-corrected chi connectivity index (χ4v) is 2.40. The van der Waals surface area contributed by atoms with E-state index in [1.807, 2.05) is 12.4 Å². The lowest BCUT2D eigenvalue weighted by Crippen LogP contribution is -2.22. The van der Waals surface area contributed by atoms with Crippen molar-refractivity contribution in [2.45, 2.75) is 19.9 Å². The Kier molecular flexibility index (Phi) is 4.72. The van der Waals surface area contributed by atoms with Crippen LogP contribution in [0.1, 0.15) is 29.7 Å². The Balaban J connectivity index is 2.40. The molecule has 18 heavy (non-hydrogen) atoms. The fraction of sp³-hybridized carbons (Fsp3) is 0.267. The molecule has 1 N–H and O–H groups in total. The molecule has 0 saturated heterocycles. The van der Waals surface area contributed by atoms with E-state index in [0.717, 1.165) is 6.54 Å². The van der Waals surface area contributed by atoms with Crippen molar-refractivity contribution < 1.29 is 0 Å². The molecular weight excluding hydrogens is 335 g/mol. The first-order chi connectivity index (χ1) is 8.72. The number of aromatic nitrogens is 1. The lowest BCUT2D eigenvalue weighted by atomic mass is 9.97. The molecule has 3 heteroatoms. The second kappa shape index (κ2) is 6.29. The summed E-state index contributed by atoms with van der Waals surface area (Å²) in [4.78, 5) is 4.25. The Hall–Kier alpha value is -0.940. The molecule has 1 aromatic carbocycles. The zero-order valence-electron chi connectivity index (χ0n) is 10.7. The standard InChI is InChI=1S/C15H17IN2/c1-3-18-15(12-4-6-13(16)7-5-12)14-10-17-9-8-11(14)2/h4-10,15,18H,3H2,1-2H3. The first-order valence-electron chi connectivity index (χ1n) is 6.11. The number of rotatable bonds is 4. The SMILES string of the molecule is CCNC(c1ccc(I)cc1)c1cnccc1C. The van der Waals surface area contributed by atoms with Gasteiger partial charge in [-0.3, -0.25) is 4.98 Å². The zero-order valence-corrected chi connectivity index (χ0v) is 12.8. The van der Waals surface area contributed by atoms with Crippen LogP contribution in [0.2, 0.25) is 0 Å². The van der Waals surface area contributed by atoms with Gasteiger partial charge in [-0.25, -0.2) is 0 Å². The van der Waals surface area contributed by atoms with Crippen LogP contribution in [0.5, 0.6) is 0 Å². The molecule has 0 fully saturated rings. The number of hydrogen-bond acceptors (Lipinski definition) is 2. The minimum atomic E-state index is 0.223. The van der Waals surface area contributed by atoms with E-state index < -0.39 is 0 Å². The Labute approximate surface area is 122 Å². The lowest BCUT2D eigenvalue weighted by Gasteiger charge is -2.20. The van der Waals surface area contributed by atoms with E-state index in [2.05, 4.69) is 77.1 Å². The van der Waals surface area contributed by atoms with Gasteiger partial charge in [-0.1, -0.05) is 19.1 Å². The van der Waals surface area contributed by atoms with Gasteiger partial charge < -0.3 is 5.32 Å². The highest BCUT2D eigenvalue weighted by atomic mass is 127. The third-order valence-corrected chi connectivity index (χ3v) is 3.72. The van der Waals surface area contributed by atoms with Crippen molar-refractivity contribution in [3.63, 3.8) is 0 Å². The summed E-state index contributed by atoms with van der Waals surface area (Å²) < 4.78 is 1.26. The van der Waals surface area contributed by atoms with Crippen molar-refractivity contribution >= 4 is 22.6 Å². The number of hydrogen-bond donors (Lipinski definition) is 1. The average Bonchev–Trinajstić information content (AvgIpc) is 2.38. The highest BCUT2D eigenvalue weighted by Crippen LogP contribution is 2.24. The van der Waals surface area contributed by atoms with E-state index in [1.54, 1.807) is 0 Å². The van der Waals surface area contributed by atoms with E-state index in [9.17, 15) is 0 Å². The zero-order chi connectivity index (χ0) is 13.0. The van der Waals surface area contributed by atoms with Crippen molar-refractivity contribution in [3.05, 3.63) is 63.0 Å². The maximum absolute atomic E-state index is 4.25. The molecule has 0 bridgehead atoms. The van der Waals surface area contributed by atoms with Gasteiger partial charge >= 0.3 is 0 Å². The van der Waals surface area contributed by atoms with Crippen molar-refractivity contribution in [2.75, 3.05) is 6.54 Å². The summed E-state index contributed by atoms with van der Waals surface area (Å²) in [6, 6.07) is 10.9. The number of nitrogens with zero attached hydrogens (tertiary/aromatic N) is 1. The fourth-order valence-electron chi connectivity index (χ4n) is 2.05. The van der Waals surface area contributed by atoms with Crippen molar-refractivity contribution in [2.24, 2.45) is 0 Å². The molecule has 2 nitrogen and oxygen atoms in total. The number of benzene rings is 1. The number of aryl methyl sites for hydroxylation is 1. The molecule has 0 radical (unpaired) electrons. The van der Waals surface area contributed by atoms with Crippen LogP contribution in [0.4, 0.5) is 0 Å². The van der Waals surface area contributed by atoms with Gasteiger partial charge in [-0.15, -0.1) is 0 Å². The maximum atomic E-state index is 4.25. The summed E-state index contributed by atoms with van der Waals surface area (Å²) in [5.74, 6) is 0. The second-order valence-electron chi connectivity index (χ2n) is 4.27. The molecule has 2 rings (SSSR count). The summed E-state index contributed by atoms with van der Waals surface area (Å²) in [6.07, 6.45) is 3.80. The van der Waals surface area contributed by atoms with Crippen LogP contribution in [0.25, 0.3) is 0 Å². The summed E-state index contributed by atoms with van der Waals surface area (Å²) in [5, 5.41) is 3.53. The second-order valence-corrected chi connectivity index (χ2v) is 5.52. The van der Waals surface area contributed by atoms with Crippen molar-refractivity contribution in [1.29, 1.82) is 0 Å². The molecule has 0 aliphatic heterocycles. The Morgan fingerprint density at radius 1 is 1.22 bits per heavy atom. The Bertz CT molecular complexity index is 508. The molecule has 2 aromatic rings. The van der Waals surface area contributed by atoms with Gasteiger partial charge in [0.15, 0.2) is 0 Å². The molecule has 1 aromatic heterocycles. The highest BCUT2D eigenvalue weighted by Gasteiger charge is 2.14. The maximum Gasteiger partial charge on any atom is 0.0594 e. The van der Waals surface area contributed by atoms with Gasteiger partial charge in [0.2, 0.25) is 0 Å². The molecule has 0 aliphatic carbocycles. The van der Waals surface area contributed by atoms with Gasteiger partial charge in [0.1, 0.15) is 0 Å². The molecule has 0 spiro atoms. The van der Waals surface area contributed by atoms with Crippen LogP contribution in [-0.4, -0.2) is 11.5 Å². The first-order valence-corrected chi connectivity index (χ1v) is 7.19. The topological polar surface area (TPSA) is 24.9 Å².